The van der Waals surface area contributed by atoms with E-state index in [1.807, 2.05) is 89.8 Å². The van der Waals surface area contributed by atoms with Crippen molar-refractivity contribution in [1.82, 2.24) is 19.7 Å². The number of hydrogen-bond donors (Lipinski definition) is 0. The summed E-state index contributed by atoms with van der Waals surface area (Å²) in [6.45, 7) is 3.38. The Morgan fingerprint density at radius 2 is 1.50 bits per heavy atom. The van der Waals surface area contributed by atoms with Crippen molar-refractivity contribution >= 4 is 39.3 Å². The maximum atomic E-state index is 14.8. The Bertz CT molecular complexity index is 2200. The SMILES string of the molecule is O=C([C@H](Cc1csc2ccccc12)N(Cc1ccc(-c2ccccn2)cc1)C(=O)/C=C/c1ccc(C(F)(F)F)cc1)N1CCN(Cc2ccccc2)CC1. The molecule has 6 aromatic rings. The van der Waals surface area contributed by atoms with Gasteiger partial charge in [-0.1, -0.05) is 91.0 Å². The van der Waals surface area contributed by atoms with E-state index >= 15 is 0 Å². The maximum Gasteiger partial charge on any atom is 0.416 e. The fourth-order valence-corrected chi connectivity index (χ4v) is 7.78. The van der Waals surface area contributed by atoms with Gasteiger partial charge < -0.3 is 9.80 Å². The molecule has 274 valence electrons. The van der Waals surface area contributed by atoms with Crippen molar-refractivity contribution in [1.29, 1.82) is 0 Å². The van der Waals surface area contributed by atoms with E-state index < -0.39 is 23.7 Å². The van der Waals surface area contributed by atoms with Crippen LogP contribution in [0.2, 0.25) is 0 Å². The van der Waals surface area contributed by atoms with Crippen molar-refractivity contribution in [3.8, 4) is 11.3 Å². The minimum Gasteiger partial charge on any atom is -0.338 e. The fourth-order valence-electron chi connectivity index (χ4n) is 6.81. The van der Waals surface area contributed by atoms with Gasteiger partial charge in [0.15, 0.2) is 0 Å². The van der Waals surface area contributed by atoms with E-state index in [0.29, 0.717) is 38.2 Å². The number of fused-ring (bicyclic) bond motifs is 1. The zero-order valence-electron chi connectivity index (χ0n) is 29.5. The first-order valence-electron chi connectivity index (χ1n) is 17.9. The third kappa shape index (κ3) is 8.95. The van der Waals surface area contributed by atoms with Crippen molar-refractivity contribution in [2.24, 2.45) is 0 Å². The number of hydrogen-bond acceptors (Lipinski definition) is 5. The van der Waals surface area contributed by atoms with Crippen LogP contribution in [-0.4, -0.2) is 63.7 Å². The lowest BCUT2D eigenvalue weighted by Crippen LogP contribution is -2.56. The second-order valence-electron chi connectivity index (χ2n) is 13.4. The number of benzene rings is 4. The molecule has 2 amide bonds. The molecule has 4 aromatic carbocycles. The normalized spacial score (nSPS) is 14.4. The summed E-state index contributed by atoms with van der Waals surface area (Å²) in [6, 6.07) is 35.6. The van der Waals surface area contributed by atoms with Crippen LogP contribution >= 0.6 is 11.3 Å². The molecule has 6 nitrogen and oxygen atoms in total. The number of pyridine rings is 1. The third-order valence-electron chi connectivity index (χ3n) is 9.78. The average Bonchev–Trinajstić information content (AvgIpc) is 3.62. The highest BCUT2D eigenvalue weighted by molar-refractivity contribution is 7.17. The summed E-state index contributed by atoms with van der Waals surface area (Å²) in [7, 11) is 0. The number of piperazine rings is 1. The Kier molecular flexibility index (Phi) is 11.3. The fraction of sp³-hybridized carbons (Fsp3) is 0.205. The topological polar surface area (TPSA) is 56.8 Å². The molecule has 0 bridgehead atoms. The quantitative estimate of drug-likeness (QED) is 0.124. The van der Waals surface area contributed by atoms with E-state index in [-0.39, 0.29) is 12.5 Å². The van der Waals surface area contributed by atoms with E-state index in [9.17, 15) is 22.8 Å². The zero-order valence-corrected chi connectivity index (χ0v) is 30.3. The smallest absolute Gasteiger partial charge is 0.338 e. The first-order valence-corrected chi connectivity index (χ1v) is 18.8. The predicted molar refractivity (Wildman–Crippen MR) is 208 cm³/mol. The predicted octanol–water partition coefficient (Wildman–Crippen LogP) is 8.98. The minimum absolute atomic E-state index is 0.133. The van der Waals surface area contributed by atoms with Gasteiger partial charge in [0, 0.05) is 68.2 Å². The van der Waals surface area contributed by atoms with Crippen LogP contribution in [0.3, 0.4) is 0 Å². The van der Waals surface area contributed by atoms with Gasteiger partial charge in [-0.3, -0.25) is 19.5 Å². The molecule has 10 heteroatoms. The van der Waals surface area contributed by atoms with Crippen LogP contribution in [0.1, 0.15) is 27.8 Å². The Balaban J connectivity index is 1.20. The van der Waals surface area contributed by atoms with Crippen LogP contribution in [-0.2, 0) is 35.3 Å². The van der Waals surface area contributed by atoms with Gasteiger partial charge in [0.05, 0.1) is 11.3 Å². The van der Waals surface area contributed by atoms with Crippen molar-refractivity contribution in [2.75, 3.05) is 26.2 Å². The summed E-state index contributed by atoms with van der Waals surface area (Å²) in [4.78, 5) is 39.4. The molecule has 0 unspecified atom stereocenters. The molecule has 0 N–H and O–H groups in total. The number of amides is 2. The van der Waals surface area contributed by atoms with Crippen molar-refractivity contribution in [3.05, 3.63) is 167 Å². The number of carbonyl (C=O) groups is 2. The summed E-state index contributed by atoms with van der Waals surface area (Å²) >= 11 is 1.60. The second kappa shape index (κ2) is 16.6. The van der Waals surface area contributed by atoms with Gasteiger partial charge in [-0.25, -0.2) is 0 Å². The maximum absolute atomic E-state index is 14.8. The Morgan fingerprint density at radius 1 is 0.796 bits per heavy atom. The lowest BCUT2D eigenvalue weighted by molar-refractivity contribution is -0.145. The Morgan fingerprint density at radius 3 is 2.20 bits per heavy atom. The first kappa shape index (κ1) is 36.8. The highest BCUT2D eigenvalue weighted by Crippen LogP contribution is 2.31. The molecule has 1 aliphatic heterocycles. The van der Waals surface area contributed by atoms with E-state index in [0.717, 1.165) is 51.1 Å². The van der Waals surface area contributed by atoms with Gasteiger partial charge in [0.2, 0.25) is 11.8 Å². The molecule has 0 radical (unpaired) electrons. The molecule has 0 aliphatic carbocycles. The van der Waals surface area contributed by atoms with Crippen LogP contribution in [0.4, 0.5) is 13.2 Å². The molecule has 0 spiro atoms. The number of halogens is 3. The van der Waals surface area contributed by atoms with Crippen molar-refractivity contribution < 1.29 is 22.8 Å². The highest BCUT2D eigenvalue weighted by Gasteiger charge is 2.35. The molecule has 3 heterocycles. The van der Waals surface area contributed by atoms with Crippen molar-refractivity contribution in [2.45, 2.75) is 31.7 Å². The van der Waals surface area contributed by atoms with Gasteiger partial charge >= 0.3 is 6.18 Å². The van der Waals surface area contributed by atoms with Gasteiger partial charge in [0.1, 0.15) is 6.04 Å². The van der Waals surface area contributed by atoms with Gasteiger partial charge in [0.25, 0.3) is 0 Å². The molecule has 1 aliphatic rings. The standard InChI is InChI=1S/C44H39F3N4O2S/c45-44(46,47)37-20-15-32(16-21-37)17-22-42(52)51(30-34-13-18-35(19-14-34)39-11-6-7-23-48-39)40(28-36-31-54-41-12-5-4-10-38(36)41)43(53)50-26-24-49(25-27-50)29-33-8-2-1-3-9-33/h1-23,31,40H,24-30H2/b22-17+/t40-/m0/s1. The van der Waals surface area contributed by atoms with Gasteiger partial charge in [-0.05, 0) is 69.4 Å². The van der Waals surface area contributed by atoms with Crippen LogP contribution in [0.5, 0.6) is 0 Å². The number of alkyl halides is 3. The average molecular weight is 745 g/mol. The molecule has 0 saturated carbocycles. The number of nitrogens with zero attached hydrogens (tertiary/aromatic N) is 4. The van der Waals surface area contributed by atoms with Crippen LogP contribution in [0, 0.1) is 0 Å². The highest BCUT2D eigenvalue weighted by atomic mass is 32.1. The lowest BCUT2D eigenvalue weighted by atomic mass is 10.00. The second-order valence-corrected chi connectivity index (χ2v) is 14.3. The van der Waals surface area contributed by atoms with Crippen molar-refractivity contribution in [3.63, 3.8) is 0 Å². The Labute approximate surface area is 316 Å². The summed E-state index contributed by atoms with van der Waals surface area (Å²) in [6.07, 6.45) is 0.434. The molecule has 1 fully saturated rings. The summed E-state index contributed by atoms with van der Waals surface area (Å²) in [5, 5.41) is 3.10. The molecular formula is C44H39F3N4O2S. The summed E-state index contributed by atoms with van der Waals surface area (Å²) in [5.74, 6) is -0.546. The van der Waals surface area contributed by atoms with E-state index in [1.165, 1.54) is 29.8 Å². The Hall–Kier alpha value is -5.58. The van der Waals surface area contributed by atoms with Crippen LogP contribution < -0.4 is 0 Å². The molecule has 7 rings (SSSR count). The number of rotatable bonds is 11. The molecule has 1 atom stereocenters. The lowest BCUT2D eigenvalue weighted by Gasteiger charge is -2.39. The monoisotopic (exact) mass is 744 g/mol. The first-order chi connectivity index (χ1) is 26.2. The van der Waals surface area contributed by atoms with Crippen LogP contribution in [0.25, 0.3) is 27.4 Å². The molecule has 1 saturated heterocycles. The number of aromatic nitrogens is 1. The zero-order chi connectivity index (χ0) is 37.5. The van der Waals surface area contributed by atoms with E-state index in [1.54, 1.807) is 22.4 Å². The van der Waals surface area contributed by atoms with E-state index in [4.69, 9.17) is 0 Å². The summed E-state index contributed by atoms with van der Waals surface area (Å²) < 4.78 is 40.8. The molecule has 54 heavy (non-hydrogen) atoms. The summed E-state index contributed by atoms with van der Waals surface area (Å²) in [5.41, 5.74) is 4.44. The van der Waals surface area contributed by atoms with Gasteiger partial charge in [-0.2, -0.15) is 13.2 Å². The van der Waals surface area contributed by atoms with E-state index in [2.05, 4.69) is 27.4 Å². The molecule has 2 aromatic heterocycles. The number of thiophene rings is 1. The largest absolute Gasteiger partial charge is 0.416 e. The minimum atomic E-state index is -4.46. The molecular weight excluding hydrogens is 706 g/mol. The van der Waals surface area contributed by atoms with Gasteiger partial charge in [-0.15, -0.1) is 11.3 Å². The van der Waals surface area contributed by atoms with Crippen LogP contribution in [0.15, 0.2) is 139 Å². The third-order valence-corrected chi connectivity index (χ3v) is 10.8. The number of carbonyl (C=O) groups excluding carboxylic acids is 2.